The lowest BCUT2D eigenvalue weighted by Crippen LogP contribution is -2.49. The largest absolute Gasteiger partial charge is 0.497 e. The van der Waals surface area contributed by atoms with Gasteiger partial charge in [-0.1, -0.05) is 39.8 Å². The van der Waals surface area contributed by atoms with E-state index in [1.54, 1.807) is 7.11 Å². The molecule has 0 aliphatic rings. The van der Waals surface area contributed by atoms with Crippen molar-refractivity contribution in [3.05, 3.63) is 29.8 Å². The van der Waals surface area contributed by atoms with Crippen LogP contribution in [0.4, 0.5) is 0 Å². The predicted molar refractivity (Wildman–Crippen MR) is 138 cm³/mol. The van der Waals surface area contributed by atoms with Crippen LogP contribution < -0.4 is 15.4 Å². The number of carbonyl (C=O) groups is 1. The summed E-state index contributed by atoms with van der Waals surface area (Å²) in [6, 6.07) is 6.93. The molecule has 1 aromatic rings. The molecule has 0 aromatic heterocycles. The van der Waals surface area contributed by atoms with Crippen molar-refractivity contribution < 1.29 is 23.1 Å². The Bertz CT molecular complexity index is 811. The molecule has 0 saturated carbocycles. The molecular weight excluding hydrogens is 454 g/mol. The molecule has 0 fully saturated rings. The van der Waals surface area contributed by atoms with E-state index in [4.69, 9.17) is 4.74 Å². The maximum Gasteiger partial charge on any atom is 0.221 e. The van der Waals surface area contributed by atoms with E-state index in [1.807, 2.05) is 38.1 Å². The van der Waals surface area contributed by atoms with Crippen molar-refractivity contribution in [3.8, 4) is 5.75 Å². The number of aliphatic hydroxyl groups is 1. The van der Waals surface area contributed by atoms with Crippen LogP contribution in [0.15, 0.2) is 24.3 Å². The summed E-state index contributed by atoms with van der Waals surface area (Å²) in [5.74, 6) is 0.627. The first-order chi connectivity index (χ1) is 16.1. The van der Waals surface area contributed by atoms with Crippen molar-refractivity contribution >= 4 is 15.9 Å². The van der Waals surface area contributed by atoms with Gasteiger partial charge in [0, 0.05) is 26.1 Å². The van der Waals surface area contributed by atoms with Crippen LogP contribution in [0, 0.1) is 5.92 Å². The summed E-state index contributed by atoms with van der Waals surface area (Å²) in [6.07, 6.45) is 1.88. The van der Waals surface area contributed by atoms with Gasteiger partial charge in [0.25, 0.3) is 0 Å². The fourth-order valence-corrected chi connectivity index (χ4v) is 5.26. The van der Waals surface area contributed by atoms with Crippen molar-refractivity contribution in [3.63, 3.8) is 0 Å². The molecule has 196 valence electrons. The lowest BCUT2D eigenvalue weighted by atomic mass is 10.0. The number of aliphatic hydroxyl groups excluding tert-OH is 1. The van der Waals surface area contributed by atoms with Crippen molar-refractivity contribution in [2.75, 3.05) is 39.0 Å². The Kier molecular flexibility index (Phi) is 14.4. The van der Waals surface area contributed by atoms with Crippen LogP contribution in [0.5, 0.6) is 5.75 Å². The topological polar surface area (TPSA) is 108 Å². The normalized spacial score (nSPS) is 13.8. The van der Waals surface area contributed by atoms with E-state index < -0.39 is 22.2 Å². The average Bonchev–Trinajstić information content (AvgIpc) is 2.80. The third kappa shape index (κ3) is 11.6. The summed E-state index contributed by atoms with van der Waals surface area (Å²) in [5.41, 5.74) is 0.913. The highest BCUT2D eigenvalue weighted by Gasteiger charge is 2.25. The van der Waals surface area contributed by atoms with Gasteiger partial charge in [0.15, 0.2) is 0 Å². The summed E-state index contributed by atoms with van der Waals surface area (Å²) in [6.45, 7) is 10.2. The third-order valence-electron chi connectivity index (χ3n) is 5.58. The zero-order valence-electron chi connectivity index (χ0n) is 21.5. The Hall–Kier alpha value is -1.68. The van der Waals surface area contributed by atoms with Gasteiger partial charge in [-0.3, -0.25) is 4.79 Å². The number of nitrogens with one attached hydrogen (secondary N) is 2. The van der Waals surface area contributed by atoms with Gasteiger partial charge in [-0.05, 0) is 55.8 Å². The van der Waals surface area contributed by atoms with Gasteiger partial charge < -0.3 is 20.5 Å². The third-order valence-corrected chi connectivity index (χ3v) is 7.45. The summed E-state index contributed by atoms with van der Waals surface area (Å²) >= 11 is 0. The van der Waals surface area contributed by atoms with Gasteiger partial charge in [-0.25, -0.2) is 12.7 Å². The molecule has 1 aromatic carbocycles. The van der Waals surface area contributed by atoms with Crippen LogP contribution in [0.3, 0.4) is 0 Å². The number of ether oxygens (including phenoxy) is 1. The second-order valence-electron chi connectivity index (χ2n) is 9.15. The molecule has 3 N–H and O–H groups in total. The lowest BCUT2D eigenvalue weighted by Gasteiger charge is -2.26. The number of nitrogens with zero attached hydrogens (tertiary/aromatic N) is 1. The number of rotatable bonds is 18. The van der Waals surface area contributed by atoms with Crippen LogP contribution in [-0.4, -0.2) is 74.9 Å². The van der Waals surface area contributed by atoms with Gasteiger partial charge in [0.05, 0.1) is 25.0 Å². The Morgan fingerprint density at radius 3 is 2.44 bits per heavy atom. The van der Waals surface area contributed by atoms with Gasteiger partial charge in [-0.2, -0.15) is 0 Å². The number of benzene rings is 1. The van der Waals surface area contributed by atoms with Crippen LogP contribution in [0.1, 0.15) is 58.9 Å². The molecular formula is C25H45N3O5S. The van der Waals surface area contributed by atoms with Crippen LogP contribution in [0.2, 0.25) is 0 Å². The van der Waals surface area contributed by atoms with Gasteiger partial charge in [-0.15, -0.1) is 0 Å². The first kappa shape index (κ1) is 30.4. The number of hydrogen-bond donors (Lipinski definition) is 3. The van der Waals surface area contributed by atoms with Gasteiger partial charge in [0.1, 0.15) is 5.75 Å². The molecule has 0 bridgehead atoms. The number of sulfonamides is 1. The van der Waals surface area contributed by atoms with E-state index in [0.29, 0.717) is 37.7 Å². The molecule has 2 atom stereocenters. The minimum atomic E-state index is -3.51. The van der Waals surface area contributed by atoms with Gasteiger partial charge >= 0.3 is 0 Å². The second kappa shape index (κ2) is 16.1. The Labute approximate surface area is 206 Å². The van der Waals surface area contributed by atoms with Crippen molar-refractivity contribution in [1.29, 1.82) is 0 Å². The minimum absolute atomic E-state index is 0.144. The summed E-state index contributed by atoms with van der Waals surface area (Å²) < 4.78 is 32.1. The van der Waals surface area contributed by atoms with Crippen molar-refractivity contribution in [2.24, 2.45) is 5.92 Å². The van der Waals surface area contributed by atoms with Crippen LogP contribution >= 0.6 is 0 Å². The number of hydrogen-bond acceptors (Lipinski definition) is 6. The Morgan fingerprint density at radius 1 is 1.18 bits per heavy atom. The number of methoxy groups -OCH3 is 1. The van der Waals surface area contributed by atoms with E-state index in [9.17, 15) is 18.3 Å². The molecule has 1 amide bonds. The molecule has 9 heteroatoms. The standard InChI is InChI=1S/C25H45N3O5S/c1-6-14-28(15-7-2)34(31,32)16-12-25(30)27-23(24(29)19-26-13-11-20(3)4)18-21-9-8-10-22(17-21)33-5/h8-10,17,20,23-24,26,29H,6-7,11-16,18-19H2,1-5H3,(H,27,30)/t23-,24+/m0/s1. The fraction of sp³-hybridized carbons (Fsp3) is 0.720. The molecule has 0 aliphatic heterocycles. The minimum Gasteiger partial charge on any atom is -0.497 e. The van der Waals surface area contributed by atoms with Crippen LogP contribution in [-0.2, 0) is 21.2 Å². The molecule has 0 saturated heterocycles. The quantitative estimate of drug-likeness (QED) is 0.268. The van der Waals surface area contributed by atoms with Gasteiger partial charge in [0.2, 0.25) is 15.9 Å². The highest BCUT2D eigenvalue weighted by molar-refractivity contribution is 7.89. The molecule has 0 unspecified atom stereocenters. The highest BCUT2D eigenvalue weighted by Crippen LogP contribution is 2.15. The van der Waals surface area contributed by atoms with Crippen LogP contribution in [0.25, 0.3) is 0 Å². The number of carbonyl (C=O) groups excluding carboxylic acids is 1. The van der Waals surface area contributed by atoms with E-state index in [2.05, 4.69) is 24.5 Å². The predicted octanol–water partition coefficient (Wildman–Crippen LogP) is 2.56. The second-order valence-corrected chi connectivity index (χ2v) is 11.2. The zero-order chi connectivity index (χ0) is 25.6. The summed E-state index contributed by atoms with van der Waals surface area (Å²) in [5, 5.41) is 17.0. The molecule has 8 nitrogen and oxygen atoms in total. The molecule has 0 aliphatic carbocycles. The Morgan fingerprint density at radius 2 is 1.85 bits per heavy atom. The first-order valence-corrected chi connectivity index (χ1v) is 14.0. The van der Waals surface area contributed by atoms with Crippen molar-refractivity contribution in [1.82, 2.24) is 14.9 Å². The molecule has 0 spiro atoms. The maximum atomic E-state index is 12.7. The van der Waals surface area contributed by atoms with E-state index in [1.165, 1.54) is 4.31 Å². The smallest absolute Gasteiger partial charge is 0.221 e. The van der Waals surface area contributed by atoms with E-state index in [0.717, 1.165) is 31.4 Å². The zero-order valence-corrected chi connectivity index (χ0v) is 22.4. The molecule has 1 rings (SSSR count). The highest BCUT2D eigenvalue weighted by atomic mass is 32.2. The molecule has 0 radical (unpaired) electrons. The lowest BCUT2D eigenvalue weighted by molar-refractivity contribution is -0.122. The monoisotopic (exact) mass is 499 g/mol. The maximum absolute atomic E-state index is 12.7. The van der Waals surface area contributed by atoms with Crippen molar-refractivity contribution in [2.45, 2.75) is 71.9 Å². The fourth-order valence-electron chi connectivity index (χ4n) is 3.64. The van der Waals surface area contributed by atoms with E-state index in [-0.39, 0.29) is 18.1 Å². The number of amides is 1. The summed E-state index contributed by atoms with van der Waals surface area (Å²) in [7, 11) is -1.92. The Balaban J connectivity index is 2.82. The SMILES string of the molecule is CCCN(CCC)S(=O)(=O)CCC(=O)N[C@@H](Cc1cccc(OC)c1)[C@H](O)CNCCC(C)C. The first-order valence-electron chi connectivity index (χ1n) is 12.4. The van der Waals surface area contributed by atoms with E-state index >= 15 is 0 Å². The summed E-state index contributed by atoms with van der Waals surface area (Å²) in [4.78, 5) is 12.7. The molecule has 0 heterocycles. The molecule has 34 heavy (non-hydrogen) atoms. The average molecular weight is 500 g/mol.